The quantitative estimate of drug-likeness (QED) is 0.892. The third kappa shape index (κ3) is 2.36. The number of phenolic OH excluding ortho intramolecular Hbond substituents is 2. The fourth-order valence-electron chi connectivity index (χ4n) is 1.97. The zero-order valence-corrected chi connectivity index (χ0v) is 12.3. The van der Waals surface area contributed by atoms with Gasteiger partial charge in [0.15, 0.2) is 0 Å². The summed E-state index contributed by atoms with van der Waals surface area (Å²) in [6, 6.07) is 7.25. The molecule has 2 aromatic rings. The standard InChI is InChI=1S/C15H16O4S/c1-9-6-14(17)11(3)15(7-9)20(18,19)12-5-4-10(2)13(16)8-12/h4-8,16-17H,1-3H3. The van der Waals surface area contributed by atoms with Crippen LogP contribution in [0.15, 0.2) is 40.1 Å². The van der Waals surface area contributed by atoms with Crippen molar-refractivity contribution in [3.05, 3.63) is 47.0 Å². The molecule has 0 aliphatic rings. The van der Waals surface area contributed by atoms with Gasteiger partial charge in [0.05, 0.1) is 9.79 Å². The molecule has 0 unspecified atom stereocenters. The second-order valence-electron chi connectivity index (χ2n) is 4.86. The second-order valence-corrected chi connectivity index (χ2v) is 6.78. The molecule has 2 N–H and O–H groups in total. The predicted molar refractivity (Wildman–Crippen MR) is 75.9 cm³/mol. The summed E-state index contributed by atoms with van der Waals surface area (Å²) >= 11 is 0. The van der Waals surface area contributed by atoms with E-state index in [4.69, 9.17) is 0 Å². The lowest BCUT2D eigenvalue weighted by Gasteiger charge is -2.11. The molecular formula is C15H16O4S. The van der Waals surface area contributed by atoms with E-state index in [0.29, 0.717) is 16.7 Å². The van der Waals surface area contributed by atoms with Crippen LogP contribution in [-0.4, -0.2) is 18.6 Å². The summed E-state index contributed by atoms with van der Waals surface area (Å²) in [5.41, 5.74) is 1.56. The average Bonchev–Trinajstić information content (AvgIpc) is 2.36. The molecule has 0 aliphatic carbocycles. The van der Waals surface area contributed by atoms with Gasteiger partial charge < -0.3 is 10.2 Å². The molecule has 0 aromatic heterocycles. The van der Waals surface area contributed by atoms with E-state index < -0.39 is 9.84 Å². The Kier molecular flexibility index (Phi) is 3.48. The lowest BCUT2D eigenvalue weighted by Crippen LogP contribution is -2.05. The third-order valence-corrected chi connectivity index (χ3v) is 5.13. The number of benzene rings is 2. The maximum absolute atomic E-state index is 12.6. The molecule has 0 heterocycles. The van der Waals surface area contributed by atoms with E-state index in [1.54, 1.807) is 26.8 Å². The van der Waals surface area contributed by atoms with Gasteiger partial charge in [-0.05, 0) is 56.2 Å². The summed E-state index contributed by atoms with van der Waals surface area (Å²) in [5, 5.41) is 19.5. The summed E-state index contributed by atoms with van der Waals surface area (Å²) in [4.78, 5) is 0.0620. The first-order valence-corrected chi connectivity index (χ1v) is 7.56. The Morgan fingerprint density at radius 1 is 0.900 bits per heavy atom. The van der Waals surface area contributed by atoms with E-state index in [0.717, 1.165) is 0 Å². The summed E-state index contributed by atoms with van der Waals surface area (Å²) in [6.07, 6.45) is 0. The van der Waals surface area contributed by atoms with Gasteiger partial charge in [0.1, 0.15) is 11.5 Å². The van der Waals surface area contributed by atoms with Crippen LogP contribution >= 0.6 is 0 Å². The van der Waals surface area contributed by atoms with Crippen LogP contribution in [0.4, 0.5) is 0 Å². The van der Waals surface area contributed by atoms with Crippen molar-refractivity contribution < 1.29 is 18.6 Å². The second kappa shape index (κ2) is 4.83. The first-order chi connectivity index (χ1) is 9.23. The van der Waals surface area contributed by atoms with E-state index in [9.17, 15) is 18.6 Å². The maximum atomic E-state index is 12.6. The molecule has 20 heavy (non-hydrogen) atoms. The zero-order chi connectivity index (χ0) is 15.1. The molecule has 0 saturated carbocycles. The predicted octanol–water partition coefficient (Wildman–Crippen LogP) is 2.86. The topological polar surface area (TPSA) is 74.6 Å². The highest BCUT2D eigenvalue weighted by Gasteiger charge is 2.22. The van der Waals surface area contributed by atoms with Crippen molar-refractivity contribution in [2.24, 2.45) is 0 Å². The Morgan fingerprint density at radius 3 is 2.15 bits per heavy atom. The van der Waals surface area contributed by atoms with Crippen molar-refractivity contribution in [3.8, 4) is 11.5 Å². The van der Waals surface area contributed by atoms with E-state index >= 15 is 0 Å². The molecule has 0 bridgehead atoms. The highest BCUT2D eigenvalue weighted by molar-refractivity contribution is 7.91. The fourth-order valence-corrected chi connectivity index (χ4v) is 3.59. The summed E-state index contributed by atoms with van der Waals surface area (Å²) < 4.78 is 25.2. The van der Waals surface area contributed by atoms with Crippen LogP contribution in [0.5, 0.6) is 11.5 Å². The number of hydrogen-bond donors (Lipinski definition) is 2. The van der Waals surface area contributed by atoms with E-state index in [1.807, 2.05) is 0 Å². The smallest absolute Gasteiger partial charge is 0.207 e. The van der Waals surface area contributed by atoms with Crippen molar-refractivity contribution in [1.29, 1.82) is 0 Å². The Labute approximate surface area is 118 Å². The van der Waals surface area contributed by atoms with E-state index in [-0.39, 0.29) is 21.3 Å². The molecule has 4 nitrogen and oxygen atoms in total. The van der Waals surface area contributed by atoms with Crippen LogP contribution in [0.25, 0.3) is 0 Å². The monoisotopic (exact) mass is 292 g/mol. The number of rotatable bonds is 2. The van der Waals surface area contributed by atoms with E-state index in [2.05, 4.69) is 0 Å². The van der Waals surface area contributed by atoms with Gasteiger partial charge in [-0.15, -0.1) is 0 Å². The number of hydrogen-bond acceptors (Lipinski definition) is 4. The van der Waals surface area contributed by atoms with Crippen LogP contribution < -0.4 is 0 Å². The van der Waals surface area contributed by atoms with Crippen LogP contribution in [0, 0.1) is 20.8 Å². The maximum Gasteiger partial charge on any atom is 0.207 e. The molecule has 106 valence electrons. The third-order valence-electron chi connectivity index (χ3n) is 3.26. The van der Waals surface area contributed by atoms with Crippen molar-refractivity contribution in [2.45, 2.75) is 30.6 Å². The Balaban J connectivity index is 2.70. The Bertz CT molecular complexity index is 777. The normalized spacial score (nSPS) is 11.6. The van der Waals surface area contributed by atoms with E-state index in [1.165, 1.54) is 24.3 Å². The molecule has 0 amide bonds. The first kappa shape index (κ1) is 14.4. The highest BCUT2D eigenvalue weighted by Crippen LogP contribution is 2.32. The molecular weight excluding hydrogens is 276 g/mol. The minimum absolute atomic E-state index is 0.00806. The van der Waals surface area contributed by atoms with Gasteiger partial charge in [-0.3, -0.25) is 0 Å². The molecule has 2 rings (SSSR count). The van der Waals surface area contributed by atoms with Gasteiger partial charge >= 0.3 is 0 Å². The summed E-state index contributed by atoms with van der Waals surface area (Å²) in [5.74, 6) is -0.125. The summed E-state index contributed by atoms with van der Waals surface area (Å²) in [7, 11) is -3.77. The van der Waals surface area contributed by atoms with Gasteiger partial charge in [-0.1, -0.05) is 6.07 Å². The Hall–Kier alpha value is -2.01. The molecule has 0 spiro atoms. The number of sulfone groups is 1. The molecule has 0 aliphatic heterocycles. The Morgan fingerprint density at radius 2 is 1.55 bits per heavy atom. The van der Waals surface area contributed by atoms with Crippen LogP contribution in [-0.2, 0) is 9.84 Å². The van der Waals surface area contributed by atoms with Gasteiger partial charge in [0.2, 0.25) is 9.84 Å². The van der Waals surface area contributed by atoms with Crippen molar-refractivity contribution in [3.63, 3.8) is 0 Å². The van der Waals surface area contributed by atoms with Crippen molar-refractivity contribution in [2.75, 3.05) is 0 Å². The van der Waals surface area contributed by atoms with Gasteiger partial charge in [0.25, 0.3) is 0 Å². The molecule has 0 radical (unpaired) electrons. The molecule has 0 atom stereocenters. The molecule has 0 fully saturated rings. The lowest BCUT2D eigenvalue weighted by molar-refractivity contribution is 0.467. The molecule has 2 aromatic carbocycles. The molecule has 5 heteroatoms. The number of phenols is 2. The van der Waals surface area contributed by atoms with Gasteiger partial charge in [-0.2, -0.15) is 0 Å². The van der Waals surface area contributed by atoms with Crippen LogP contribution in [0.1, 0.15) is 16.7 Å². The number of aryl methyl sites for hydroxylation is 2. The van der Waals surface area contributed by atoms with Crippen molar-refractivity contribution in [1.82, 2.24) is 0 Å². The zero-order valence-electron chi connectivity index (χ0n) is 11.5. The summed E-state index contributed by atoms with van der Waals surface area (Å²) in [6.45, 7) is 4.95. The van der Waals surface area contributed by atoms with Gasteiger partial charge in [0, 0.05) is 5.56 Å². The molecule has 0 saturated heterocycles. The first-order valence-electron chi connectivity index (χ1n) is 6.08. The highest BCUT2D eigenvalue weighted by atomic mass is 32.2. The minimum atomic E-state index is -3.77. The minimum Gasteiger partial charge on any atom is -0.508 e. The van der Waals surface area contributed by atoms with Gasteiger partial charge in [-0.25, -0.2) is 8.42 Å². The lowest BCUT2D eigenvalue weighted by atomic mass is 10.1. The number of aromatic hydroxyl groups is 2. The largest absolute Gasteiger partial charge is 0.508 e. The average molecular weight is 292 g/mol. The van der Waals surface area contributed by atoms with Crippen molar-refractivity contribution >= 4 is 9.84 Å². The SMILES string of the molecule is Cc1cc(O)c(C)c(S(=O)(=O)c2ccc(C)c(O)c2)c1. The van der Waals surface area contributed by atoms with Crippen LogP contribution in [0.2, 0.25) is 0 Å². The van der Waals surface area contributed by atoms with Crippen LogP contribution in [0.3, 0.4) is 0 Å². The fraction of sp³-hybridized carbons (Fsp3) is 0.200.